The summed E-state index contributed by atoms with van der Waals surface area (Å²) >= 11 is 0. The SMILES string of the molecule is CC1CN(C(c2ccccc2)(c2ccccc2)c2ccccc2)CC(n2ccc(NC(=O)c3ccccc3)nc2=O)O1. The van der Waals surface area contributed by atoms with Gasteiger partial charge in [0.25, 0.3) is 5.91 Å². The molecule has 0 radical (unpaired) electrons. The van der Waals surface area contributed by atoms with Crippen molar-refractivity contribution in [3.63, 3.8) is 0 Å². The normalized spacial score (nSPS) is 17.5. The van der Waals surface area contributed by atoms with Gasteiger partial charge >= 0.3 is 5.69 Å². The van der Waals surface area contributed by atoms with Gasteiger partial charge in [0.1, 0.15) is 5.82 Å². The molecule has 1 saturated heterocycles. The molecule has 2 unspecified atom stereocenters. The van der Waals surface area contributed by atoms with E-state index in [1.807, 2.05) is 31.2 Å². The molecule has 7 heteroatoms. The molecule has 1 aromatic heterocycles. The first-order chi connectivity index (χ1) is 20.6. The Hall–Kier alpha value is -4.85. The second kappa shape index (κ2) is 11.9. The first kappa shape index (κ1) is 27.3. The summed E-state index contributed by atoms with van der Waals surface area (Å²) in [6.07, 6.45) is 0.873. The highest BCUT2D eigenvalue weighted by atomic mass is 16.5. The number of carbonyl (C=O) groups is 1. The summed E-state index contributed by atoms with van der Waals surface area (Å²) in [5.74, 6) is -0.134. The van der Waals surface area contributed by atoms with Crippen molar-refractivity contribution in [3.05, 3.63) is 166 Å². The summed E-state index contributed by atoms with van der Waals surface area (Å²) < 4.78 is 7.88. The van der Waals surface area contributed by atoms with Crippen LogP contribution in [0.5, 0.6) is 0 Å². The average Bonchev–Trinajstić information content (AvgIpc) is 3.03. The monoisotopic (exact) mass is 556 g/mol. The number of ether oxygens (including phenoxy) is 1. The Morgan fingerprint density at radius 3 is 1.76 bits per heavy atom. The molecule has 0 bridgehead atoms. The molecule has 1 fully saturated rings. The Bertz CT molecular complexity index is 1600. The van der Waals surface area contributed by atoms with Crippen molar-refractivity contribution in [1.29, 1.82) is 0 Å². The van der Waals surface area contributed by atoms with Crippen molar-refractivity contribution in [3.8, 4) is 0 Å². The number of amides is 1. The van der Waals surface area contributed by atoms with E-state index in [1.165, 1.54) is 4.57 Å². The van der Waals surface area contributed by atoms with Gasteiger partial charge in [0.2, 0.25) is 0 Å². The van der Waals surface area contributed by atoms with E-state index >= 15 is 0 Å². The van der Waals surface area contributed by atoms with Gasteiger partial charge < -0.3 is 10.1 Å². The molecular weight excluding hydrogens is 524 g/mol. The summed E-state index contributed by atoms with van der Waals surface area (Å²) in [4.78, 5) is 32.5. The topological polar surface area (TPSA) is 76.5 Å². The van der Waals surface area contributed by atoms with Crippen LogP contribution in [-0.2, 0) is 10.3 Å². The van der Waals surface area contributed by atoms with Crippen molar-refractivity contribution in [2.45, 2.75) is 24.8 Å². The fourth-order valence-corrected chi connectivity index (χ4v) is 5.92. The van der Waals surface area contributed by atoms with Gasteiger partial charge in [-0.1, -0.05) is 109 Å². The maximum Gasteiger partial charge on any atom is 0.351 e. The number of nitrogens with zero attached hydrogens (tertiary/aromatic N) is 3. The first-order valence-corrected chi connectivity index (χ1v) is 14.1. The number of hydrogen-bond acceptors (Lipinski definition) is 5. The van der Waals surface area contributed by atoms with Crippen molar-refractivity contribution in [2.75, 3.05) is 18.4 Å². The third-order valence-electron chi connectivity index (χ3n) is 7.71. The van der Waals surface area contributed by atoms with Crippen LogP contribution < -0.4 is 11.0 Å². The van der Waals surface area contributed by atoms with Crippen LogP contribution in [0.4, 0.5) is 5.82 Å². The molecule has 42 heavy (non-hydrogen) atoms. The molecule has 7 nitrogen and oxygen atoms in total. The smallest absolute Gasteiger partial charge is 0.351 e. The zero-order valence-electron chi connectivity index (χ0n) is 23.3. The molecule has 2 heterocycles. The number of anilines is 1. The van der Waals surface area contributed by atoms with Gasteiger partial charge in [-0.3, -0.25) is 14.3 Å². The zero-order chi connectivity index (χ0) is 28.9. The third-order valence-corrected chi connectivity index (χ3v) is 7.71. The summed E-state index contributed by atoms with van der Waals surface area (Å²) in [5, 5.41) is 2.72. The summed E-state index contributed by atoms with van der Waals surface area (Å²) in [6.45, 7) is 3.10. The Labute approximate surface area is 245 Å². The summed E-state index contributed by atoms with van der Waals surface area (Å²) in [5.41, 5.74) is 2.73. The van der Waals surface area contributed by atoms with Crippen LogP contribution in [0.2, 0.25) is 0 Å². The minimum atomic E-state index is -0.638. The minimum absolute atomic E-state index is 0.177. The van der Waals surface area contributed by atoms with Gasteiger partial charge in [-0.2, -0.15) is 4.98 Å². The molecule has 1 N–H and O–H groups in total. The van der Waals surface area contributed by atoms with E-state index in [0.717, 1.165) is 16.7 Å². The van der Waals surface area contributed by atoms with E-state index in [-0.39, 0.29) is 17.8 Å². The van der Waals surface area contributed by atoms with E-state index in [2.05, 4.69) is 88.0 Å². The van der Waals surface area contributed by atoms with E-state index < -0.39 is 17.5 Å². The van der Waals surface area contributed by atoms with Gasteiger partial charge in [-0.05, 0) is 41.8 Å². The van der Waals surface area contributed by atoms with Gasteiger partial charge in [0.05, 0.1) is 11.6 Å². The second-order valence-electron chi connectivity index (χ2n) is 10.4. The van der Waals surface area contributed by atoms with E-state index in [1.54, 1.807) is 36.5 Å². The zero-order valence-corrected chi connectivity index (χ0v) is 23.3. The van der Waals surface area contributed by atoms with Crippen LogP contribution in [0.1, 0.15) is 40.2 Å². The molecule has 6 rings (SSSR count). The summed E-state index contributed by atoms with van der Waals surface area (Å²) in [7, 11) is 0. The highest BCUT2D eigenvalue weighted by molar-refractivity contribution is 6.03. The lowest BCUT2D eigenvalue weighted by Crippen LogP contribution is -2.56. The Morgan fingerprint density at radius 1 is 0.762 bits per heavy atom. The van der Waals surface area contributed by atoms with Crippen LogP contribution in [0.15, 0.2) is 138 Å². The highest BCUT2D eigenvalue weighted by Gasteiger charge is 2.45. The van der Waals surface area contributed by atoms with Crippen molar-refractivity contribution in [2.24, 2.45) is 0 Å². The quantitative estimate of drug-likeness (QED) is 0.260. The van der Waals surface area contributed by atoms with Crippen LogP contribution in [0.25, 0.3) is 0 Å². The van der Waals surface area contributed by atoms with E-state index in [0.29, 0.717) is 18.7 Å². The molecule has 5 aromatic rings. The van der Waals surface area contributed by atoms with E-state index in [9.17, 15) is 9.59 Å². The van der Waals surface area contributed by atoms with E-state index in [4.69, 9.17) is 4.74 Å². The minimum Gasteiger partial charge on any atom is -0.352 e. The predicted octanol–water partition coefficient (Wildman–Crippen LogP) is 5.71. The second-order valence-corrected chi connectivity index (χ2v) is 10.4. The third kappa shape index (κ3) is 5.28. The van der Waals surface area contributed by atoms with Crippen LogP contribution in [0.3, 0.4) is 0 Å². The largest absolute Gasteiger partial charge is 0.352 e. The molecule has 1 aliphatic rings. The summed E-state index contributed by atoms with van der Waals surface area (Å²) in [6, 6.07) is 41.9. The van der Waals surface area contributed by atoms with Crippen molar-refractivity contribution < 1.29 is 9.53 Å². The average molecular weight is 557 g/mol. The lowest BCUT2D eigenvalue weighted by molar-refractivity contribution is -0.131. The van der Waals surface area contributed by atoms with Crippen LogP contribution >= 0.6 is 0 Å². The maximum atomic E-state index is 13.3. The maximum absolute atomic E-state index is 13.3. The molecule has 2 atom stereocenters. The fraction of sp³-hybridized carbons (Fsp3) is 0.171. The number of morpholine rings is 1. The number of nitrogens with one attached hydrogen (secondary N) is 1. The molecule has 4 aromatic carbocycles. The van der Waals surface area contributed by atoms with Gasteiger partial charge in [-0.25, -0.2) is 4.79 Å². The lowest BCUT2D eigenvalue weighted by Gasteiger charge is -2.50. The Morgan fingerprint density at radius 2 is 1.26 bits per heavy atom. The molecule has 0 saturated carbocycles. The highest BCUT2D eigenvalue weighted by Crippen LogP contribution is 2.44. The van der Waals surface area contributed by atoms with Crippen LogP contribution in [-0.4, -0.2) is 39.6 Å². The molecule has 210 valence electrons. The van der Waals surface area contributed by atoms with Crippen molar-refractivity contribution >= 4 is 11.7 Å². The van der Waals surface area contributed by atoms with Crippen LogP contribution in [0, 0.1) is 0 Å². The number of aromatic nitrogens is 2. The molecule has 1 aliphatic heterocycles. The predicted molar refractivity (Wildman–Crippen MR) is 163 cm³/mol. The Balaban J connectivity index is 1.39. The molecule has 1 amide bonds. The number of hydrogen-bond donors (Lipinski definition) is 1. The van der Waals surface area contributed by atoms with Gasteiger partial charge in [-0.15, -0.1) is 0 Å². The Kier molecular flexibility index (Phi) is 7.77. The first-order valence-electron chi connectivity index (χ1n) is 14.1. The lowest BCUT2D eigenvalue weighted by atomic mass is 9.75. The number of carbonyl (C=O) groups excluding carboxylic acids is 1. The molecule has 0 aliphatic carbocycles. The van der Waals surface area contributed by atoms with Crippen molar-refractivity contribution in [1.82, 2.24) is 14.5 Å². The fourth-order valence-electron chi connectivity index (χ4n) is 5.92. The number of benzene rings is 4. The number of rotatable bonds is 7. The van der Waals surface area contributed by atoms with Gasteiger partial charge in [0.15, 0.2) is 6.23 Å². The van der Waals surface area contributed by atoms with Gasteiger partial charge in [0, 0.05) is 24.8 Å². The standard InChI is InChI=1S/C35H32N4O3/c1-26-24-38(25-32(42-26)39-23-22-31(37-34(39)41)36-33(40)27-14-6-2-7-15-27)35(28-16-8-3-9-17-28,29-18-10-4-11-19-29)30-20-12-5-13-21-30/h2-23,26,32H,24-25H2,1H3,(H,36,37,40,41). The molecular formula is C35H32N4O3. The molecule has 0 spiro atoms.